The number of carbonyl (C=O) groups excluding carboxylic acids is 1. The van der Waals surface area contributed by atoms with E-state index >= 15 is 0 Å². The maximum atomic E-state index is 12.8. The van der Waals surface area contributed by atoms with Crippen LogP contribution in [0.15, 0.2) is 28.9 Å². The molecule has 1 unspecified atom stereocenters. The largest absolute Gasteiger partial charge is 0.484 e. The quantitative estimate of drug-likeness (QED) is 0.797. The third-order valence-corrected chi connectivity index (χ3v) is 5.87. The molecule has 1 saturated heterocycles. The van der Waals surface area contributed by atoms with Gasteiger partial charge in [-0.25, -0.2) is 0 Å². The van der Waals surface area contributed by atoms with Crippen molar-refractivity contribution in [2.45, 2.75) is 52.1 Å². The van der Waals surface area contributed by atoms with E-state index in [1.165, 1.54) is 32.1 Å². The summed E-state index contributed by atoms with van der Waals surface area (Å²) in [7, 11) is 0. The Balaban J connectivity index is 1.31. The lowest BCUT2D eigenvalue weighted by atomic mass is 9.80. The van der Waals surface area contributed by atoms with Crippen LogP contribution in [0.5, 0.6) is 5.75 Å². The van der Waals surface area contributed by atoms with Crippen molar-refractivity contribution < 1.29 is 14.1 Å². The number of hydrogen-bond donors (Lipinski definition) is 0. The summed E-state index contributed by atoms with van der Waals surface area (Å²) in [6, 6.07) is 5.44. The number of likely N-dealkylation sites (tertiary alicyclic amines) is 1. The van der Waals surface area contributed by atoms with Crippen LogP contribution in [-0.2, 0) is 6.61 Å². The van der Waals surface area contributed by atoms with E-state index in [9.17, 15) is 4.79 Å². The van der Waals surface area contributed by atoms with Crippen LogP contribution in [0.3, 0.4) is 0 Å². The van der Waals surface area contributed by atoms with Gasteiger partial charge in [-0.05, 0) is 37.3 Å². The predicted molar refractivity (Wildman–Crippen MR) is 100 cm³/mol. The monoisotopic (exact) mass is 369 g/mol. The van der Waals surface area contributed by atoms with Gasteiger partial charge in [0, 0.05) is 24.8 Å². The minimum Gasteiger partial charge on any atom is -0.484 e. The van der Waals surface area contributed by atoms with Crippen LogP contribution in [-0.4, -0.2) is 34.0 Å². The number of rotatable bonds is 5. The molecular weight excluding hydrogens is 342 g/mol. The van der Waals surface area contributed by atoms with Gasteiger partial charge in [-0.2, -0.15) is 0 Å². The van der Waals surface area contributed by atoms with Gasteiger partial charge in [0.15, 0.2) is 11.5 Å². The molecule has 2 fully saturated rings. The second-order valence-corrected chi connectivity index (χ2v) is 7.80. The number of pyridine rings is 1. The molecule has 6 heteroatoms. The van der Waals surface area contributed by atoms with E-state index in [1.807, 2.05) is 24.0 Å². The van der Waals surface area contributed by atoms with Gasteiger partial charge < -0.3 is 14.2 Å². The zero-order valence-corrected chi connectivity index (χ0v) is 15.9. The molecule has 1 aliphatic carbocycles. The minimum absolute atomic E-state index is 0.0275. The highest BCUT2D eigenvalue weighted by atomic mass is 16.5. The Hall–Kier alpha value is -2.37. The number of nitrogens with zero attached hydrogens (tertiary/aromatic N) is 3. The lowest BCUT2D eigenvalue weighted by molar-refractivity contribution is 0.0769. The fourth-order valence-corrected chi connectivity index (χ4v) is 4.30. The lowest BCUT2D eigenvalue weighted by Gasteiger charge is -2.27. The first-order chi connectivity index (χ1) is 13.2. The van der Waals surface area contributed by atoms with Crippen molar-refractivity contribution in [3.63, 3.8) is 0 Å². The molecule has 2 aromatic heterocycles. The number of aromatic nitrogens is 2. The lowest BCUT2D eigenvalue weighted by Crippen LogP contribution is -2.30. The maximum Gasteiger partial charge on any atom is 0.276 e. The van der Waals surface area contributed by atoms with Crippen molar-refractivity contribution in [2.24, 2.45) is 11.8 Å². The van der Waals surface area contributed by atoms with Gasteiger partial charge in [0.05, 0.1) is 6.20 Å². The van der Waals surface area contributed by atoms with Gasteiger partial charge in [0.1, 0.15) is 12.4 Å². The van der Waals surface area contributed by atoms with Gasteiger partial charge in [-0.1, -0.05) is 37.3 Å². The summed E-state index contributed by atoms with van der Waals surface area (Å²) < 4.78 is 10.9. The number of aryl methyl sites for hydroxylation is 1. The van der Waals surface area contributed by atoms with Crippen molar-refractivity contribution in [3.05, 3.63) is 41.5 Å². The van der Waals surface area contributed by atoms with Crippen molar-refractivity contribution in [1.82, 2.24) is 15.0 Å². The Morgan fingerprint density at radius 3 is 2.85 bits per heavy atom. The van der Waals surface area contributed by atoms with E-state index in [4.69, 9.17) is 9.26 Å². The standard InChI is InChI=1S/C21H27N3O3/c1-15-7-8-18(12-22-15)26-14-19-11-20(23-27-19)21(25)24-10-9-17(13-24)16-5-3-2-4-6-16/h7-8,11-12,16-17H,2-6,9-10,13-14H2,1H3. The fraction of sp³-hybridized carbons (Fsp3) is 0.571. The Kier molecular flexibility index (Phi) is 5.41. The molecular formula is C21H27N3O3. The minimum atomic E-state index is -0.0275. The molecule has 0 spiro atoms. The molecule has 4 rings (SSSR count). The Labute approximate surface area is 159 Å². The van der Waals surface area contributed by atoms with Crippen LogP contribution in [0.2, 0.25) is 0 Å². The fourth-order valence-electron chi connectivity index (χ4n) is 4.30. The Bertz CT molecular complexity index is 765. The SMILES string of the molecule is Cc1ccc(OCc2cc(C(=O)N3CCC(C4CCCCC4)C3)no2)cn1. The van der Waals surface area contributed by atoms with E-state index in [0.717, 1.165) is 31.1 Å². The molecule has 1 amide bonds. The highest BCUT2D eigenvalue weighted by molar-refractivity contribution is 5.92. The number of amides is 1. The van der Waals surface area contributed by atoms with Crippen LogP contribution in [0, 0.1) is 18.8 Å². The van der Waals surface area contributed by atoms with Gasteiger partial charge in [0.2, 0.25) is 0 Å². The number of ether oxygens (including phenoxy) is 1. The van der Waals surface area contributed by atoms with Crippen molar-refractivity contribution >= 4 is 5.91 Å². The number of carbonyl (C=O) groups is 1. The molecule has 1 aliphatic heterocycles. The van der Waals surface area contributed by atoms with Gasteiger partial charge in [0.25, 0.3) is 5.91 Å². The normalized spacial score (nSPS) is 20.8. The molecule has 0 aromatic carbocycles. The molecule has 2 aromatic rings. The predicted octanol–water partition coefficient (Wildman–Crippen LogP) is 4.00. The van der Waals surface area contributed by atoms with Gasteiger partial charge in [-0.3, -0.25) is 9.78 Å². The summed E-state index contributed by atoms with van der Waals surface area (Å²) in [4.78, 5) is 18.9. The average molecular weight is 369 g/mol. The van der Waals surface area contributed by atoms with Crippen molar-refractivity contribution in [2.75, 3.05) is 13.1 Å². The zero-order chi connectivity index (χ0) is 18.6. The first-order valence-corrected chi connectivity index (χ1v) is 9.99. The molecule has 27 heavy (non-hydrogen) atoms. The van der Waals surface area contributed by atoms with E-state index < -0.39 is 0 Å². The third kappa shape index (κ3) is 4.31. The van der Waals surface area contributed by atoms with E-state index in [1.54, 1.807) is 12.3 Å². The highest BCUT2D eigenvalue weighted by Crippen LogP contribution is 2.35. The van der Waals surface area contributed by atoms with Crippen molar-refractivity contribution in [1.29, 1.82) is 0 Å². The average Bonchev–Trinajstić information content (AvgIpc) is 3.38. The first kappa shape index (κ1) is 18.0. The summed E-state index contributed by atoms with van der Waals surface area (Å²) in [5.74, 6) is 2.63. The molecule has 144 valence electrons. The number of hydrogen-bond acceptors (Lipinski definition) is 5. The topological polar surface area (TPSA) is 68.5 Å². The third-order valence-electron chi connectivity index (χ3n) is 5.87. The summed E-state index contributed by atoms with van der Waals surface area (Å²) >= 11 is 0. The molecule has 1 saturated carbocycles. The van der Waals surface area contributed by atoms with Crippen LogP contribution in [0.1, 0.15) is 60.5 Å². The second-order valence-electron chi connectivity index (χ2n) is 7.80. The second kappa shape index (κ2) is 8.11. The van der Waals surface area contributed by atoms with Crippen molar-refractivity contribution in [3.8, 4) is 5.75 Å². The summed E-state index contributed by atoms with van der Waals surface area (Å²) in [5.41, 5.74) is 1.31. The highest BCUT2D eigenvalue weighted by Gasteiger charge is 2.33. The zero-order valence-electron chi connectivity index (χ0n) is 15.9. The molecule has 6 nitrogen and oxygen atoms in total. The van der Waals surface area contributed by atoms with E-state index in [0.29, 0.717) is 23.1 Å². The maximum absolute atomic E-state index is 12.8. The summed E-state index contributed by atoms with van der Waals surface area (Å²) in [6.07, 6.45) is 9.50. The van der Waals surface area contributed by atoms with Crippen LogP contribution in [0.4, 0.5) is 0 Å². The van der Waals surface area contributed by atoms with Crippen LogP contribution in [0.25, 0.3) is 0 Å². The molecule has 0 N–H and O–H groups in total. The van der Waals surface area contributed by atoms with E-state index in [-0.39, 0.29) is 12.5 Å². The Morgan fingerprint density at radius 1 is 1.22 bits per heavy atom. The van der Waals surface area contributed by atoms with E-state index in [2.05, 4.69) is 10.1 Å². The smallest absolute Gasteiger partial charge is 0.276 e. The van der Waals surface area contributed by atoms with Gasteiger partial charge in [-0.15, -0.1) is 0 Å². The van der Waals surface area contributed by atoms with Crippen LogP contribution >= 0.6 is 0 Å². The molecule has 2 aliphatic rings. The Morgan fingerprint density at radius 2 is 2.07 bits per heavy atom. The molecule has 3 heterocycles. The summed E-state index contributed by atoms with van der Waals surface area (Å²) in [5, 5.41) is 3.96. The molecule has 0 radical (unpaired) electrons. The van der Waals surface area contributed by atoms with Crippen LogP contribution < -0.4 is 4.74 Å². The first-order valence-electron chi connectivity index (χ1n) is 9.99. The molecule has 1 atom stereocenters. The summed E-state index contributed by atoms with van der Waals surface area (Å²) in [6.45, 7) is 3.84. The van der Waals surface area contributed by atoms with Gasteiger partial charge >= 0.3 is 0 Å². The molecule has 0 bridgehead atoms.